The number of carbonyl (C=O) groups excluding carboxylic acids is 1. The summed E-state index contributed by atoms with van der Waals surface area (Å²) in [5, 5.41) is 2.96. The first-order valence-corrected chi connectivity index (χ1v) is 9.37. The number of aromatic nitrogens is 2. The number of hydrogen-bond acceptors (Lipinski definition) is 8. The fraction of sp³-hybridized carbons (Fsp3) is 0.667. The Kier molecular flexibility index (Phi) is 6.25. The second-order valence-electron chi connectivity index (χ2n) is 6.54. The van der Waals surface area contributed by atoms with Crippen molar-refractivity contribution in [3.63, 3.8) is 0 Å². The van der Waals surface area contributed by atoms with Gasteiger partial charge >= 0.3 is 5.97 Å². The van der Waals surface area contributed by atoms with E-state index < -0.39 is 17.0 Å². The number of hydrogen-bond donors (Lipinski definition) is 1. The Morgan fingerprint density at radius 3 is 2.58 bits per heavy atom. The van der Waals surface area contributed by atoms with Gasteiger partial charge in [0.05, 0.1) is 13.1 Å². The molecular weight excluding hydrogens is 330 g/mol. The van der Waals surface area contributed by atoms with Crippen LogP contribution in [0.5, 0.6) is 0 Å². The van der Waals surface area contributed by atoms with E-state index in [4.69, 9.17) is 4.74 Å². The van der Waals surface area contributed by atoms with Gasteiger partial charge in [-0.15, -0.1) is 4.31 Å². The molecular formula is C15H25N5O3S. The number of piperazine rings is 1. The minimum atomic E-state index is -0.934. The number of rotatable bonds is 5. The molecule has 1 fully saturated rings. The van der Waals surface area contributed by atoms with E-state index in [1.165, 1.54) is 6.33 Å². The van der Waals surface area contributed by atoms with Gasteiger partial charge in [0.2, 0.25) is 0 Å². The van der Waals surface area contributed by atoms with Crippen molar-refractivity contribution in [3.05, 3.63) is 12.4 Å². The molecule has 0 aromatic carbocycles. The van der Waals surface area contributed by atoms with Gasteiger partial charge in [-0.3, -0.25) is 4.79 Å². The Labute approximate surface area is 145 Å². The van der Waals surface area contributed by atoms with E-state index in [0.29, 0.717) is 5.82 Å². The molecule has 1 aliphatic heterocycles. The Bertz CT molecular complexity index is 556. The van der Waals surface area contributed by atoms with E-state index in [1.54, 1.807) is 6.26 Å². The topological polar surface area (TPSA) is 93.7 Å². The van der Waals surface area contributed by atoms with Crippen LogP contribution in [0.2, 0.25) is 0 Å². The van der Waals surface area contributed by atoms with E-state index in [2.05, 4.69) is 20.2 Å². The zero-order valence-electron chi connectivity index (χ0n) is 14.6. The third-order valence-electron chi connectivity index (χ3n) is 3.41. The monoisotopic (exact) mass is 355 g/mol. The summed E-state index contributed by atoms with van der Waals surface area (Å²) in [6.07, 6.45) is 3.16. The molecule has 0 amide bonds. The van der Waals surface area contributed by atoms with Crippen LogP contribution in [-0.2, 0) is 20.9 Å². The smallest absolute Gasteiger partial charge is 0.325 e. The fourth-order valence-electron chi connectivity index (χ4n) is 2.33. The van der Waals surface area contributed by atoms with Crippen LogP contribution in [0.25, 0.3) is 0 Å². The Morgan fingerprint density at radius 1 is 1.33 bits per heavy atom. The lowest BCUT2D eigenvalue weighted by Gasteiger charge is -2.34. The molecule has 24 heavy (non-hydrogen) atoms. The molecule has 2 heterocycles. The van der Waals surface area contributed by atoms with Crippen LogP contribution in [0.1, 0.15) is 20.8 Å². The minimum absolute atomic E-state index is 0.0519. The summed E-state index contributed by atoms with van der Waals surface area (Å²) in [7, 11) is 0. The number of nitrogens with zero attached hydrogens (tertiary/aromatic N) is 4. The molecule has 2 rings (SSSR count). The van der Waals surface area contributed by atoms with Crippen molar-refractivity contribution in [3.8, 4) is 0 Å². The molecule has 0 radical (unpaired) electrons. The number of esters is 1. The second kappa shape index (κ2) is 8.00. The molecule has 1 aromatic heterocycles. The lowest BCUT2D eigenvalue weighted by Crippen LogP contribution is -2.48. The van der Waals surface area contributed by atoms with Crippen LogP contribution < -0.4 is 10.2 Å². The van der Waals surface area contributed by atoms with Crippen molar-refractivity contribution >= 4 is 29.0 Å². The molecule has 1 aromatic rings. The van der Waals surface area contributed by atoms with Crippen molar-refractivity contribution in [1.82, 2.24) is 14.3 Å². The highest BCUT2D eigenvalue weighted by molar-refractivity contribution is 7.88. The van der Waals surface area contributed by atoms with Crippen molar-refractivity contribution in [2.24, 2.45) is 0 Å². The summed E-state index contributed by atoms with van der Waals surface area (Å²) in [6, 6.07) is 1.81. The highest BCUT2D eigenvalue weighted by atomic mass is 32.2. The molecule has 1 atom stereocenters. The van der Waals surface area contributed by atoms with Gasteiger partial charge in [-0.1, -0.05) is 0 Å². The Balaban J connectivity index is 1.89. The molecule has 1 unspecified atom stereocenters. The molecule has 1 N–H and O–H groups in total. The van der Waals surface area contributed by atoms with Gasteiger partial charge in [0.25, 0.3) is 0 Å². The van der Waals surface area contributed by atoms with Gasteiger partial charge in [0.1, 0.15) is 36.4 Å². The lowest BCUT2D eigenvalue weighted by molar-refractivity contribution is -0.152. The van der Waals surface area contributed by atoms with Crippen LogP contribution in [0, 0.1) is 0 Å². The third kappa shape index (κ3) is 5.81. The van der Waals surface area contributed by atoms with E-state index in [9.17, 15) is 9.35 Å². The first kappa shape index (κ1) is 18.8. The van der Waals surface area contributed by atoms with Crippen LogP contribution >= 0.6 is 0 Å². The molecule has 0 aliphatic carbocycles. The van der Waals surface area contributed by atoms with Gasteiger partial charge in [-0.2, -0.15) is 0 Å². The fourth-order valence-corrected chi connectivity index (χ4v) is 3.01. The largest absolute Gasteiger partial charge is 0.598 e. The van der Waals surface area contributed by atoms with Crippen LogP contribution in [-0.4, -0.2) is 69.4 Å². The maximum absolute atomic E-state index is 11.7. The summed E-state index contributed by atoms with van der Waals surface area (Å²) < 4.78 is 18.7. The highest BCUT2D eigenvalue weighted by Crippen LogP contribution is 2.17. The van der Waals surface area contributed by atoms with Gasteiger partial charge in [0, 0.05) is 30.5 Å². The number of ether oxygens (including phenoxy) is 1. The first-order chi connectivity index (χ1) is 11.2. The lowest BCUT2D eigenvalue weighted by atomic mass is 10.2. The Morgan fingerprint density at radius 2 is 2.00 bits per heavy atom. The number of anilines is 2. The molecule has 0 saturated carbocycles. The van der Waals surface area contributed by atoms with Crippen molar-refractivity contribution < 1.29 is 14.1 Å². The van der Waals surface area contributed by atoms with E-state index in [-0.39, 0.29) is 12.5 Å². The van der Waals surface area contributed by atoms with Crippen LogP contribution in [0.4, 0.5) is 11.6 Å². The molecule has 134 valence electrons. The normalized spacial score (nSPS) is 17.5. The zero-order chi connectivity index (χ0) is 17.7. The summed E-state index contributed by atoms with van der Waals surface area (Å²) in [4.78, 5) is 22.3. The maximum atomic E-state index is 11.7. The molecule has 1 saturated heterocycles. The van der Waals surface area contributed by atoms with Crippen molar-refractivity contribution in [2.45, 2.75) is 26.4 Å². The van der Waals surface area contributed by atoms with E-state index in [1.807, 2.05) is 31.1 Å². The average Bonchev–Trinajstić information content (AvgIpc) is 2.52. The summed E-state index contributed by atoms with van der Waals surface area (Å²) in [5.41, 5.74) is -0.505. The standard InChI is InChI=1S/C15H25N5O3S/c1-15(2,3)23-14(21)10-16-12-9-13(18-11-17-12)19-5-7-20(8-6-19)24(4)22/h9,11H,5-8,10H2,1-4H3,(H,16,17,18). The number of nitrogens with one attached hydrogen (secondary N) is 1. The zero-order valence-corrected chi connectivity index (χ0v) is 15.4. The van der Waals surface area contributed by atoms with Gasteiger partial charge in [0.15, 0.2) is 0 Å². The third-order valence-corrected chi connectivity index (χ3v) is 4.51. The van der Waals surface area contributed by atoms with Crippen molar-refractivity contribution in [2.75, 3.05) is 49.2 Å². The minimum Gasteiger partial charge on any atom is -0.598 e. The van der Waals surface area contributed by atoms with Gasteiger partial charge in [-0.05, 0) is 20.8 Å². The SMILES string of the molecule is C[S+]([O-])N1CCN(c2cc(NCC(=O)OC(C)(C)C)ncn2)CC1. The summed E-state index contributed by atoms with van der Waals surface area (Å²) in [5.74, 6) is 1.03. The highest BCUT2D eigenvalue weighted by Gasteiger charge is 2.23. The van der Waals surface area contributed by atoms with Crippen LogP contribution in [0.15, 0.2) is 12.4 Å². The van der Waals surface area contributed by atoms with E-state index in [0.717, 1.165) is 32.0 Å². The van der Waals surface area contributed by atoms with Crippen molar-refractivity contribution in [1.29, 1.82) is 0 Å². The van der Waals surface area contributed by atoms with E-state index >= 15 is 0 Å². The number of carbonyl (C=O) groups is 1. The molecule has 1 aliphatic rings. The summed E-state index contributed by atoms with van der Waals surface area (Å²) in [6.45, 7) is 8.51. The van der Waals surface area contributed by atoms with Crippen LogP contribution in [0.3, 0.4) is 0 Å². The maximum Gasteiger partial charge on any atom is 0.325 e. The molecule has 0 bridgehead atoms. The molecule has 9 heteroatoms. The second-order valence-corrected chi connectivity index (χ2v) is 7.91. The average molecular weight is 355 g/mol. The summed E-state index contributed by atoms with van der Waals surface area (Å²) >= 11 is -0.934. The van der Waals surface area contributed by atoms with Gasteiger partial charge < -0.3 is 19.5 Å². The Hall–Kier alpha value is -1.58. The first-order valence-electron chi connectivity index (χ1n) is 7.86. The predicted molar refractivity (Wildman–Crippen MR) is 94.2 cm³/mol. The van der Waals surface area contributed by atoms with Gasteiger partial charge in [-0.25, -0.2) is 9.97 Å². The molecule has 0 spiro atoms. The quantitative estimate of drug-likeness (QED) is 0.608. The molecule has 8 nitrogen and oxygen atoms in total. The predicted octanol–water partition coefficient (Wildman–Crippen LogP) is 0.646.